The lowest BCUT2D eigenvalue weighted by Crippen LogP contribution is -2.53. The predicted octanol–water partition coefficient (Wildman–Crippen LogP) is 1.64. The number of nitrogens with one attached hydrogen (secondary N) is 2. The molecule has 0 radical (unpaired) electrons. The fourth-order valence-electron chi connectivity index (χ4n) is 3.36. The Balaban J connectivity index is 1.84. The van der Waals surface area contributed by atoms with E-state index in [0.717, 1.165) is 13.0 Å². The summed E-state index contributed by atoms with van der Waals surface area (Å²) in [6.45, 7) is 2.18. The third-order valence-corrected chi connectivity index (χ3v) is 7.24. The second-order valence-electron chi connectivity index (χ2n) is 6.78. The lowest BCUT2D eigenvalue weighted by Gasteiger charge is -2.35. The summed E-state index contributed by atoms with van der Waals surface area (Å²) in [6.07, 6.45) is 10.7. The van der Waals surface area contributed by atoms with Gasteiger partial charge in [0.05, 0.1) is 4.75 Å². The van der Waals surface area contributed by atoms with Gasteiger partial charge in [-0.05, 0) is 44.9 Å². The largest absolute Gasteiger partial charge is 0.381 e. The Morgan fingerprint density at radius 2 is 2.04 bits per heavy atom. The topological polar surface area (TPSA) is 79.8 Å². The Morgan fingerprint density at radius 1 is 1.29 bits per heavy atom. The van der Waals surface area contributed by atoms with Crippen molar-refractivity contribution in [1.29, 1.82) is 0 Å². The van der Waals surface area contributed by atoms with Crippen molar-refractivity contribution in [3.8, 4) is 0 Å². The van der Waals surface area contributed by atoms with Crippen LogP contribution < -0.4 is 10.6 Å². The number of ether oxygens (including phenoxy) is 1. The van der Waals surface area contributed by atoms with Gasteiger partial charge in [0.15, 0.2) is 15.8 Å². The summed E-state index contributed by atoms with van der Waals surface area (Å²) in [6, 6.07) is 0. The number of hydrogen-bond acceptors (Lipinski definition) is 4. The van der Waals surface area contributed by atoms with E-state index in [1.54, 1.807) is 7.05 Å². The Labute approximate surface area is 146 Å². The summed E-state index contributed by atoms with van der Waals surface area (Å²) in [5.41, 5.74) is 1.52. The molecule has 0 unspecified atom stereocenters. The highest BCUT2D eigenvalue weighted by Crippen LogP contribution is 2.28. The minimum absolute atomic E-state index is 0.373. The molecule has 7 heteroatoms. The number of sulfone groups is 1. The fourth-order valence-corrected chi connectivity index (χ4v) is 4.60. The quantitative estimate of drug-likeness (QED) is 0.429. The van der Waals surface area contributed by atoms with E-state index in [2.05, 4.69) is 21.7 Å². The van der Waals surface area contributed by atoms with Crippen LogP contribution in [0.4, 0.5) is 0 Å². The molecule has 2 N–H and O–H groups in total. The van der Waals surface area contributed by atoms with Crippen molar-refractivity contribution in [2.45, 2.75) is 49.7 Å². The number of hydrogen-bond donors (Lipinski definition) is 2. The van der Waals surface area contributed by atoms with Crippen molar-refractivity contribution in [2.24, 2.45) is 4.99 Å². The van der Waals surface area contributed by atoms with Crippen LogP contribution in [-0.2, 0) is 14.6 Å². The van der Waals surface area contributed by atoms with E-state index < -0.39 is 14.6 Å². The molecule has 0 bridgehead atoms. The maximum atomic E-state index is 12.3. The van der Waals surface area contributed by atoms with Gasteiger partial charge in [-0.25, -0.2) is 8.42 Å². The Bertz CT molecular complexity index is 564. The molecule has 1 aliphatic carbocycles. The van der Waals surface area contributed by atoms with Crippen molar-refractivity contribution in [1.82, 2.24) is 10.6 Å². The minimum Gasteiger partial charge on any atom is -0.381 e. The summed E-state index contributed by atoms with van der Waals surface area (Å²) < 4.78 is 29.1. The summed E-state index contributed by atoms with van der Waals surface area (Å²) >= 11 is 0. The van der Waals surface area contributed by atoms with Crippen molar-refractivity contribution in [3.05, 3.63) is 11.6 Å². The van der Waals surface area contributed by atoms with E-state index >= 15 is 0 Å². The van der Waals surface area contributed by atoms with Gasteiger partial charge in [0, 0.05) is 39.6 Å². The highest BCUT2D eigenvalue weighted by atomic mass is 32.2. The SMILES string of the molecule is CN=C(NCCC1=CCCCC1)NCC1(S(C)(=O)=O)CCOCC1. The maximum absolute atomic E-state index is 12.3. The third-order valence-electron chi connectivity index (χ3n) is 5.12. The lowest BCUT2D eigenvalue weighted by atomic mass is 9.97. The van der Waals surface area contributed by atoms with Gasteiger partial charge in [0.1, 0.15) is 0 Å². The zero-order chi connectivity index (χ0) is 17.5. The van der Waals surface area contributed by atoms with E-state index in [1.807, 2.05) is 0 Å². The molecule has 24 heavy (non-hydrogen) atoms. The highest BCUT2D eigenvalue weighted by Gasteiger charge is 2.42. The predicted molar refractivity (Wildman–Crippen MR) is 98.2 cm³/mol. The number of nitrogens with zero attached hydrogens (tertiary/aromatic N) is 1. The van der Waals surface area contributed by atoms with E-state index in [1.165, 1.54) is 37.5 Å². The summed E-state index contributed by atoms with van der Waals surface area (Å²) in [5.74, 6) is 0.668. The molecule has 0 saturated carbocycles. The van der Waals surface area contributed by atoms with Crippen molar-refractivity contribution in [2.75, 3.05) is 39.6 Å². The molecule has 0 amide bonds. The molecule has 0 aromatic rings. The molecule has 1 saturated heterocycles. The number of allylic oxidation sites excluding steroid dienone is 1. The zero-order valence-corrected chi connectivity index (χ0v) is 15.8. The van der Waals surface area contributed by atoms with Gasteiger partial charge in [-0.3, -0.25) is 4.99 Å². The van der Waals surface area contributed by atoms with E-state index in [-0.39, 0.29) is 0 Å². The molecule has 1 fully saturated rings. The molecular formula is C17H31N3O3S. The first-order valence-electron chi connectivity index (χ1n) is 8.87. The molecule has 6 nitrogen and oxygen atoms in total. The Morgan fingerprint density at radius 3 is 2.62 bits per heavy atom. The van der Waals surface area contributed by atoms with Gasteiger partial charge in [0.25, 0.3) is 0 Å². The molecule has 1 aliphatic heterocycles. The molecule has 0 spiro atoms. The smallest absolute Gasteiger partial charge is 0.191 e. The normalized spacial score (nSPS) is 21.9. The highest BCUT2D eigenvalue weighted by molar-refractivity contribution is 7.92. The van der Waals surface area contributed by atoms with Crippen LogP contribution in [0.3, 0.4) is 0 Å². The van der Waals surface area contributed by atoms with Crippen LogP contribution in [0.25, 0.3) is 0 Å². The zero-order valence-electron chi connectivity index (χ0n) is 14.9. The average Bonchev–Trinajstić information content (AvgIpc) is 2.58. The van der Waals surface area contributed by atoms with Gasteiger partial charge in [0.2, 0.25) is 0 Å². The van der Waals surface area contributed by atoms with Gasteiger partial charge in [-0.15, -0.1) is 0 Å². The van der Waals surface area contributed by atoms with E-state index in [4.69, 9.17) is 4.74 Å². The van der Waals surface area contributed by atoms with Crippen LogP contribution in [0.15, 0.2) is 16.6 Å². The molecule has 138 valence electrons. The monoisotopic (exact) mass is 357 g/mol. The van der Waals surface area contributed by atoms with Crippen LogP contribution in [0.2, 0.25) is 0 Å². The first-order valence-corrected chi connectivity index (χ1v) is 10.8. The van der Waals surface area contributed by atoms with Crippen LogP contribution in [0.1, 0.15) is 44.9 Å². The molecule has 1 heterocycles. The first kappa shape index (κ1) is 19.2. The molecule has 2 aliphatic rings. The minimum atomic E-state index is -3.16. The Kier molecular flexibility index (Phi) is 7.10. The molecule has 0 aromatic carbocycles. The van der Waals surface area contributed by atoms with Crippen molar-refractivity contribution < 1.29 is 13.2 Å². The number of rotatable bonds is 6. The second kappa shape index (κ2) is 8.85. The molecule has 0 atom stereocenters. The number of aliphatic imine (C=N–C) groups is 1. The van der Waals surface area contributed by atoms with Gasteiger partial charge >= 0.3 is 0 Å². The van der Waals surface area contributed by atoms with E-state index in [0.29, 0.717) is 38.6 Å². The van der Waals surface area contributed by atoms with Crippen LogP contribution in [0.5, 0.6) is 0 Å². The maximum Gasteiger partial charge on any atom is 0.191 e. The second-order valence-corrected chi connectivity index (χ2v) is 9.19. The van der Waals surface area contributed by atoms with Crippen molar-refractivity contribution in [3.63, 3.8) is 0 Å². The van der Waals surface area contributed by atoms with Crippen LogP contribution in [0, 0.1) is 0 Å². The fraction of sp³-hybridized carbons (Fsp3) is 0.824. The first-order chi connectivity index (χ1) is 11.5. The summed E-state index contributed by atoms with van der Waals surface area (Å²) in [5, 5.41) is 6.51. The van der Waals surface area contributed by atoms with Gasteiger partial charge in [-0.1, -0.05) is 11.6 Å². The van der Waals surface area contributed by atoms with Gasteiger partial charge in [-0.2, -0.15) is 0 Å². The summed E-state index contributed by atoms with van der Waals surface area (Å²) in [7, 11) is -1.45. The van der Waals surface area contributed by atoms with Gasteiger partial charge < -0.3 is 15.4 Å². The molecule has 0 aromatic heterocycles. The third kappa shape index (κ3) is 5.21. The lowest BCUT2D eigenvalue weighted by molar-refractivity contribution is 0.0756. The molecule has 2 rings (SSSR count). The van der Waals surface area contributed by atoms with Crippen LogP contribution in [-0.4, -0.2) is 58.7 Å². The Hall–Kier alpha value is -1.08. The van der Waals surface area contributed by atoms with Crippen LogP contribution >= 0.6 is 0 Å². The average molecular weight is 358 g/mol. The van der Waals surface area contributed by atoms with Crippen molar-refractivity contribution >= 4 is 15.8 Å². The number of guanidine groups is 1. The molecular weight excluding hydrogens is 326 g/mol. The standard InChI is InChI=1S/C17H31N3O3S/c1-18-16(19-11-8-15-6-4-3-5-7-15)20-14-17(24(2,21)22)9-12-23-13-10-17/h6H,3-5,7-14H2,1-2H3,(H2,18,19,20). The van der Waals surface area contributed by atoms with E-state index in [9.17, 15) is 8.42 Å². The summed E-state index contributed by atoms with van der Waals surface area (Å²) in [4.78, 5) is 4.22.